The molecule has 1 fully saturated rings. The van der Waals surface area contributed by atoms with Crippen LogP contribution in [0.2, 0.25) is 0 Å². The highest BCUT2D eigenvalue weighted by molar-refractivity contribution is 4.75. The quantitative estimate of drug-likeness (QED) is 0.632. The Morgan fingerprint density at radius 1 is 1.57 bits per heavy atom. The highest BCUT2D eigenvalue weighted by Crippen LogP contribution is 2.15. The maximum Gasteiger partial charge on any atom is 0.0509 e. The number of rotatable bonds is 7. The van der Waals surface area contributed by atoms with Gasteiger partial charge < -0.3 is 14.8 Å². The minimum absolute atomic E-state index is 0.583. The molecule has 3 nitrogen and oxygen atoms in total. The summed E-state index contributed by atoms with van der Waals surface area (Å²) in [6.07, 6.45) is 2.31. The van der Waals surface area contributed by atoms with Crippen LogP contribution in [0.1, 0.15) is 26.7 Å². The van der Waals surface area contributed by atoms with Gasteiger partial charge in [0.15, 0.2) is 0 Å². The summed E-state index contributed by atoms with van der Waals surface area (Å²) in [7, 11) is 0. The summed E-state index contributed by atoms with van der Waals surface area (Å²) in [5.41, 5.74) is 0. The number of hydrogen-bond acceptors (Lipinski definition) is 3. The molecule has 1 N–H and O–H groups in total. The fourth-order valence-electron chi connectivity index (χ4n) is 1.76. The second-order valence-corrected chi connectivity index (χ2v) is 3.92. The first-order valence-corrected chi connectivity index (χ1v) is 5.73. The van der Waals surface area contributed by atoms with Crippen LogP contribution in [0.3, 0.4) is 0 Å². The van der Waals surface area contributed by atoms with Gasteiger partial charge >= 0.3 is 0 Å². The van der Waals surface area contributed by atoms with Crippen molar-refractivity contribution in [2.75, 3.05) is 33.0 Å². The zero-order valence-electron chi connectivity index (χ0n) is 9.42. The lowest BCUT2D eigenvalue weighted by molar-refractivity contribution is 0.142. The highest BCUT2D eigenvalue weighted by atomic mass is 16.5. The molecule has 0 aliphatic carbocycles. The summed E-state index contributed by atoms with van der Waals surface area (Å²) in [6.45, 7) is 8.91. The number of nitrogens with one attached hydrogen (secondary N) is 1. The molecule has 1 rings (SSSR count). The molecule has 0 aromatic rings. The van der Waals surface area contributed by atoms with Crippen molar-refractivity contribution < 1.29 is 9.47 Å². The van der Waals surface area contributed by atoms with Gasteiger partial charge in [-0.15, -0.1) is 0 Å². The van der Waals surface area contributed by atoms with E-state index in [-0.39, 0.29) is 0 Å². The average Bonchev–Trinajstić information content (AvgIpc) is 2.70. The monoisotopic (exact) mass is 201 g/mol. The summed E-state index contributed by atoms with van der Waals surface area (Å²) in [6, 6.07) is 0.583. The second kappa shape index (κ2) is 7.21. The van der Waals surface area contributed by atoms with Gasteiger partial charge in [-0.05, 0) is 39.2 Å². The Bertz CT molecular complexity index is 135. The van der Waals surface area contributed by atoms with Gasteiger partial charge in [0, 0.05) is 25.9 Å². The van der Waals surface area contributed by atoms with Crippen molar-refractivity contribution in [2.45, 2.75) is 32.7 Å². The minimum Gasteiger partial charge on any atom is -0.382 e. The van der Waals surface area contributed by atoms with Crippen LogP contribution in [0.15, 0.2) is 0 Å². The molecule has 0 bridgehead atoms. The van der Waals surface area contributed by atoms with E-state index >= 15 is 0 Å². The molecule has 0 aromatic heterocycles. The molecule has 0 saturated carbocycles. The molecule has 0 spiro atoms. The topological polar surface area (TPSA) is 30.5 Å². The molecule has 84 valence electrons. The van der Waals surface area contributed by atoms with Gasteiger partial charge in [0.05, 0.1) is 6.61 Å². The van der Waals surface area contributed by atoms with Gasteiger partial charge in [0.25, 0.3) is 0 Å². The van der Waals surface area contributed by atoms with Crippen molar-refractivity contribution in [1.29, 1.82) is 0 Å². The van der Waals surface area contributed by atoms with Crippen LogP contribution in [0.4, 0.5) is 0 Å². The van der Waals surface area contributed by atoms with E-state index in [0.717, 1.165) is 39.4 Å². The van der Waals surface area contributed by atoms with Crippen LogP contribution in [0, 0.1) is 5.92 Å². The van der Waals surface area contributed by atoms with Crippen LogP contribution < -0.4 is 5.32 Å². The number of ether oxygens (including phenoxy) is 2. The Morgan fingerprint density at radius 2 is 2.43 bits per heavy atom. The summed E-state index contributed by atoms with van der Waals surface area (Å²) < 4.78 is 10.6. The average molecular weight is 201 g/mol. The van der Waals surface area contributed by atoms with E-state index in [1.807, 2.05) is 6.92 Å². The Morgan fingerprint density at radius 3 is 3.07 bits per heavy atom. The first-order valence-electron chi connectivity index (χ1n) is 5.73. The van der Waals surface area contributed by atoms with E-state index in [1.54, 1.807) is 0 Å². The zero-order chi connectivity index (χ0) is 10.2. The summed E-state index contributed by atoms with van der Waals surface area (Å²) in [4.78, 5) is 0. The molecule has 1 aliphatic heterocycles. The fraction of sp³-hybridized carbons (Fsp3) is 1.00. The lowest BCUT2D eigenvalue weighted by atomic mass is 10.0. The van der Waals surface area contributed by atoms with Crippen molar-refractivity contribution in [1.82, 2.24) is 5.32 Å². The van der Waals surface area contributed by atoms with E-state index in [0.29, 0.717) is 12.0 Å². The minimum atomic E-state index is 0.583. The SMILES string of the molecule is CCOCCCNC(C)C1CCOC1. The molecule has 14 heavy (non-hydrogen) atoms. The molecule has 2 unspecified atom stereocenters. The summed E-state index contributed by atoms with van der Waals surface area (Å²) in [5.74, 6) is 0.710. The zero-order valence-corrected chi connectivity index (χ0v) is 9.42. The fourth-order valence-corrected chi connectivity index (χ4v) is 1.76. The lowest BCUT2D eigenvalue weighted by Crippen LogP contribution is -2.34. The maximum absolute atomic E-state index is 5.36. The van der Waals surface area contributed by atoms with Crippen molar-refractivity contribution in [3.05, 3.63) is 0 Å². The van der Waals surface area contributed by atoms with Crippen LogP contribution >= 0.6 is 0 Å². The second-order valence-electron chi connectivity index (χ2n) is 3.92. The number of hydrogen-bond donors (Lipinski definition) is 1. The van der Waals surface area contributed by atoms with Gasteiger partial charge in [-0.1, -0.05) is 0 Å². The molecule has 0 radical (unpaired) electrons. The van der Waals surface area contributed by atoms with E-state index in [2.05, 4.69) is 12.2 Å². The van der Waals surface area contributed by atoms with Crippen molar-refractivity contribution in [3.8, 4) is 0 Å². The van der Waals surface area contributed by atoms with Gasteiger partial charge in [-0.25, -0.2) is 0 Å². The third-order valence-electron chi connectivity index (χ3n) is 2.81. The standard InChI is InChI=1S/C11H23NO2/c1-3-13-7-4-6-12-10(2)11-5-8-14-9-11/h10-12H,3-9H2,1-2H3. The Kier molecular flexibility index (Phi) is 6.15. The molecule has 3 heteroatoms. The highest BCUT2D eigenvalue weighted by Gasteiger charge is 2.21. The maximum atomic E-state index is 5.36. The van der Waals surface area contributed by atoms with Crippen LogP contribution in [0.5, 0.6) is 0 Å². The smallest absolute Gasteiger partial charge is 0.0509 e. The summed E-state index contributed by atoms with van der Waals surface area (Å²) >= 11 is 0. The van der Waals surface area contributed by atoms with Gasteiger partial charge in [0.1, 0.15) is 0 Å². The van der Waals surface area contributed by atoms with Gasteiger partial charge in [-0.3, -0.25) is 0 Å². The molecule has 1 aliphatic rings. The van der Waals surface area contributed by atoms with E-state index in [9.17, 15) is 0 Å². The van der Waals surface area contributed by atoms with Crippen molar-refractivity contribution in [3.63, 3.8) is 0 Å². The molecule has 0 amide bonds. The summed E-state index contributed by atoms with van der Waals surface area (Å²) in [5, 5.41) is 3.52. The van der Waals surface area contributed by atoms with Crippen LogP contribution in [-0.2, 0) is 9.47 Å². The predicted octanol–water partition coefficient (Wildman–Crippen LogP) is 1.43. The van der Waals surface area contributed by atoms with E-state index in [1.165, 1.54) is 6.42 Å². The molecule has 1 saturated heterocycles. The van der Waals surface area contributed by atoms with Crippen LogP contribution in [-0.4, -0.2) is 39.0 Å². The van der Waals surface area contributed by atoms with Gasteiger partial charge in [0.2, 0.25) is 0 Å². The molecule has 2 atom stereocenters. The molecular weight excluding hydrogens is 178 g/mol. The molecular formula is C11H23NO2. The Balaban J connectivity index is 1.94. The van der Waals surface area contributed by atoms with Crippen molar-refractivity contribution >= 4 is 0 Å². The van der Waals surface area contributed by atoms with E-state index < -0.39 is 0 Å². The first kappa shape index (κ1) is 12.0. The van der Waals surface area contributed by atoms with Crippen molar-refractivity contribution in [2.24, 2.45) is 5.92 Å². The van der Waals surface area contributed by atoms with Gasteiger partial charge in [-0.2, -0.15) is 0 Å². The Hall–Kier alpha value is -0.120. The van der Waals surface area contributed by atoms with E-state index in [4.69, 9.17) is 9.47 Å². The molecule has 0 aromatic carbocycles. The predicted molar refractivity (Wildman–Crippen MR) is 57.5 cm³/mol. The Labute approximate surface area is 87.2 Å². The lowest BCUT2D eigenvalue weighted by Gasteiger charge is -2.19. The third-order valence-corrected chi connectivity index (χ3v) is 2.81. The largest absolute Gasteiger partial charge is 0.382 e. The third kappa shape index (κ3) is 4.40. The normalized spacial score (nSPS) is 24.0. The molecule has 1 heterocycles. The first-order chi connectivity index (χ1) is 6.84. The van der Waals surface area contributed by atoms with Crippen LogP contribution in [0.25, 0.3) is 0 Å².